The Hall–Kier alpha value is -2.82. The number of carbonyl (C=O) groups excluding carboxylic acids is 1. The summed E-state index contributed by atoms with van der Waals surface area (Å²) in [5, 5.41) is 12.1. The van der Waals surface area contributed by atoms with Gasteiger partial charge in [0.05, 0.1) is 18.0 Å². The molecule has 1 heterocycles. The molecule has 2 aromatic carbocycles. The first-order chi connectivity index (χ1) is 15.7. The van der Waals surface area contributed by atoms with E-state index in [1.165, 1.54) is 29.2 Å². The van der Waals surface area contributed by atoms with Crippen molar-refractivity contribution in [3.63, 3.8) is 0 Å². The van der Waals surface area contributed by atoms with Gasteiger partial charge in [-0.3, -0.25) is 9.69 Å². The normalized spacial score (nSPS) is 11.5. The molecule has 0 saturated carbocycles. The fourth-order valence-electron chi connectivity index (χ4n) is 3.05. The zero-order valence-corrected chi connectivity index (χ0v) is 20.6. The van der Waals surface area contributed by atoms with E-state index >= 15 is 0 Å². The van der Waals surface area contributed by atoms with Crippen molar-refractivity contribution in [2.24, 2.45) is 0 Å². The molecule has 1 N–H and O–H groups in total. The molecular formula is C23H28N4O4S2. The van der Waals surface area contributed by atoms with Crippen molar-refractivity contribution in [3.05, 3.63) is 64.1 Å². The molecule has 0 aliphatic rings. The number of hydrogen-bond donors (Lipinski definition) is 1. The summed E-state index contributed by atoms with van der Waals surface area (Å²) in [6.07, 6.45) is 2.87. The number of amides is 1. The van der Waals surface area contributed by atoms with Crippen molar-refractivity contribution >= 4 is 32.8 Å². The second-order valence-electron chi connectivity index (χ2n) is 7.69. The first-order valence-electron chi connectivity index (χ1n) is 10.6. The number of aryl methyl sites for hydroxylation is 1. The summed E-state index contributed by atoms with van der Waals surface area (Å²) in [4.78, 5) is 14.7. The number of sulfone groups is 1. The quantitative estimate of drug-likeness (QED) is 0.411. The molecule has 3 aromatic rings. The summed E-state index contributed by atoms with van der Waals surface area (Å²) >= 11 is 1.27. The van der Waals surface area contributed by atoms with Crippen LogP contribution in [0.15, 0.2) is 53.4 Å². The van der Waals surface area contributed by atoms with Crippen molar-refractivity contribution in [1.82, 2.24) is 15.1 Å². The van der Waals surface area contributed by atoms with Crippen LogP contribution in [0.1, 0.15) is 33.7 Å². The van der Waals surface area contributed by atoms with Gasteiger partial charge >= 0.3 is 0 Å². The van der Waals surface area contributed by atoms with Gasteiger partial charge in [0.25, 0.3) is 5.91 Å². The summed E-state index contributed by atoms with van der Waals surface area (Å²) < 4.78 is 29.0. The SMILES string of the molecule is CCc1ccc(NC(=O)c2nnc(CN(C)CCCOc3cccc(S(C)(=O)=O)c3)s2)cc1. The molecule has 0 atom stereocenters. The number of aromatic nitrogens is 2. The van der Waals surface area contributed by atoms with E-state index in [0.717, 1.165) is 30.1 Å². The second-order valence-corrected chi connectivity index (χ2v) is 10.8. The summed E-state index contributed by atoms with van der Waals surface area (Å²) in [5.74, 6) is 0.264. The summed E-state index contributed by atoms with van der Waals surface area (Å²) in [6, 6.07) is 14.2. The Morgan fingerprint density at radius 2 is 1.91 bits per heavy atom. The lowest BCUT2D eigenvalue weighted by molar-refractivity contribution is 0.102. The van der Waals surface area contributed by atoms with Gasteiger partial charge in [0, 0.05) is 18.5 Å². The molecule has 33 heavy (non-hydrogen) atoms. The molecular weight excluding hydrogens is 460 g/mol. The monoisotopic (exact) mass is 488 g/mol. The van der Waals surface area contributed by atoms with Gasteiger partial charge in [0.2, 0.25) is 5.01 Å². The lowest BCUT2D eigenvalue weighted by Crippen LogP contribution is -2.20. The third-order valence-electron chi connectivity index (χ3n) is 4.87. The molecule has 0 saturated heterocycles. The summed E-state index contributed by atoms with van der Waals surface area (Å²) in [5.41, 5.74) is 1.94. The highest BCUT2D eigenvalue weighted by Gasteiger charge is 2.14. The van der Waals surface area contributed by atoms with Crippen LogP contribution in [0.25, 0.3) is 0 Å². The minimum absolute atomic E-state index is 0.242. The number of hydrogen-bond acceptors (Lipinski definition) is 8. The summed E-state index contributed by atoms with van der Waals surface area (Å²) in [7, 11) is -1.30. The Balaban J connectivity index is 1.43. The zero-order valence-electron chi connectivity index (χ0n) is 18.9. The van der Waals surface area contributed by atoms with Crippen LogP contribution in [0.3, 0.4) is 0 Å². The van der Waals surface area contributed by atoms with Crippen LogP contribution < -0.4 is 10.1 Å². The van der Waals surface area contributed by atoms with Crippen molar-refractivity contribution in [3.8, 4) is 5.75 Å². The van der Waals surface area contributed by atoms with Crippen LogP contribution in [0, 0.1) is 0 Å². The third kappa shape index (κ3) is 7.62. The number of carbonyl (C=O) groups is 1. The molecule has 1 aromatic heterocycles. The molecule has 0 fully saturated rings. The Labute approximate surface area is 198 Å². The van der Waals surface area contributed by atoms with Crippen molar-refractivity contribution in [2.75, 3.05) is 31.8 Å². The van der Waals surface area contributed by atoms with Crippen LogP contribution in [-0.2, 0) is 22.8 Å². The molecule has 8 nitrogen and oxygen atoms in total. The average molecular weight is 489 g/mol. The molecule has 1 amide bonds. The lowest BCUT2D eigenvalue weighted by atomic mass is 10.1. The zero-order chi connectivity index (χ0) is 23.8. The molecule has 0 unspecified atom stereocenters. The Morgan fingerprint density at radius 3 is 2.61 bits per heavy atom. The number of rotatable bonds is 11. The molecule has 0 aliphatic carbocycles. The van der Waals surface area contributed by atoms with Gasteiger partial charge in [-0.05, 0) is 55.8 Å². The van der Waals surface area contributed by atoms with Gasteiger partial charge in [0.1, 0.15) is 10.8 Å². The lowest BCUT2D eigenvalue weighted by Gasteiger charge is -2.15. The molecule has 0 radical (unpaired) electrons. The maximum absolute atomic E-state index is 12.4. The Kier molecular flexibility index (Phi) is 8.54. The van der Waals surface area contributed by atoms with Crippen molar-refractivity contribution in [1.29, 1.82) is 0 Å². The molecule has 176 valence electrons. The van der Waals surface area contributed by atoms with E-state index in [1.807, 2.05) is 31.3 Å². The van der Waals surface area contributed by atoms with Crippen LogP contribution in [0.2, 0.25) is 0 Å². The van der Waals surface area contributed by atoms with E-state index in [4.69, 9.17) is 4.74 Å². The van der Waals surface area contributed by atoms with E-state index in [9.17, 15) is 13.2 Å². The highest BCUT2D eigenvalue weighted by atomic mass is 32.2. The van der Waals surface area contributed by atoms with Gasteiger partial charge in [-0.15, -0.1) is 10.2 Å². The topological polar surface area (TPSA) is 101 Å². The van der Waals surface area contributed by atoms with Gasteiger partial charge in [-0.25, -0.2) is 8.42 Å². The fraction of sp³-hybridized carbons (Fsp3) is 0.348. The molecule has 0 aliphatic heterocycles. The van der Waals surface area contributed by atoms with E-state index < -0.39 is 9.84 Å². The number of nitrogens with one attached hydrogen (secondary N) is 1. The van der Waals surface area contributed by atoms with E-state index in [1.54, 1.807) is 18.2 Å². The number of ether oxygens (including phenoxy) is 1. The molecule has 0 bridgehead atoms. The van der Waals surface area contributed by atoms with Gasteiger partial charge in [-0.2, -0.15) is 0 Å². The highest BCUT2D eigenvalue weighted by molar-refractivity contribution is 7.90. The number of anilines is 1. The minimum Gasteiger partial charge on any atom is -0.494 e. The smallest absolute Gasteiger partial charge is 0.286 e. The van der Waals surface area contributed by atoms with Crippen LogP contribution in [0.4, 0.5) is 5.69 Å². The van der Waals surface area contributed by atoms with Crippen molar-refractivity contribution < 1.29 is 17.9 Å². The Morgan fingerprint density at radius 1 is 1.15 bits per heavy atom. The van der Waals surface area contributed by atoms with Gasteiger partial charge in [-0.1, -0.05) is 36.5 Å². The van der Waals surface area contributed by atoms with E-state index in [-0.39, 0.29) is 10.8 Å². The largest absolute Gasteiger partial charge is 0.494 e. The van der Waals surface area contributed by atoms with Gasteiger partial charge in [0.15, 0.2) is 9.84 Å². The van der Waals surface area contributed by atoms with E-state index in [2.05, 4.69) is 27.3 Å². The number of nitrogens with zero attached hydrogens (tertiary/aromatic N) is 3. The predicted molar refractivity (Wildman–Crippen MR) is 130 cm³/mol. The highest BCUT2D eigenvalue weighted by Crippen LogP contribution is 2.18. The van der Waals surface area contributed by atoms with Crippen LogP contribution >= 0.6 is 11.3 Å². The van der Waals surface area contributed by atoms with Gasteiger partial charge < -0.3 is 10.1 Å². The molecule has 3 rings (SSSR count). The first-order valence-corrected chi connectivity index (χ1v) is 13.3. The third-order valence-corrected chi connectivity index (χ3v) is 6.89. The summed E-state index contributed by atoms with van der Waals surface area (Å²) in [6.45, 7) is 3.86. The number of benzene rings is 2. The maximum atomic E-state index is 12.4. The average Bonchev–Trinajstić information content (AvgIpc) is 3.25. The van der Waals surface area contributed by atoms with Crippen molar-refractivity contribution in [2.45, 2.75) is 31.2 Å². The standard InChI is InChI=1S/C23H28N4O4S2/c1-4-17-9-11-18(12-10-17)24-22(28)23-26-25-21(32-23)16-27(2)13-6-14-31-19-7-5-8-20(15-19)33(3,29)30/h5,7-12,15H,4,6,13-14,16H2,1-3H3,(H,24,28). The molecule has 0 spiro atoms. The van der Waals surface area contributed by atoms with Crippen LogP contribution in [-0.4, -0.2) is 55.9 Å². The second kappa shape index (κ2) is 11.4. The Bertz CT molecular complexity index is 1180. The van der Waals surface area contributed by atoms with Crippen LogP contribution in [0.5, 0.6) is 5.75 Å². The predicted octanol–water partition coefficient (Wildman–Crippen LogP) is 3.66. The maximum Gasteiger partial charge on any atom is 0.286 e. The first kappa shape index (κ1) is 24.8. The minimum atomic E-state index is -3.26. The fourth-order valence-corrected chi connectivity index (χ4v) is 4.52. The van der Waals surface area contributed by atoms with E-state index in [0.29, 0.717) is 23.9 Å². The molecule has 10 heteroatoms.